The third kappa shape index (κ3) is 5.36. The summed E-state index contributed by atoms with van der Waals surface area (Å²) < 4.78 is 5.99. The minimum Gasteiger partial charge on any atom is -0.487 e. The Morgan fingerprint density at radius 2 is 2.39 bits per heavy atom. The number of likely N-dealkylation sites (tertiary alicyclic amines) is 1. The molecule has 2 heterocycles. The molecule has 23 heavy (non-hydrogen) atoms. The Morgan fingerprint density at radius 1 is 1.57 bits per heavy atom. The van der Waals surface area contributed by atoms with Gasteiger partial charge < -0.3 is 15.0 Å². The second-order valence-electron chi connectivity index (χ2n) is 6.00. The molecule has 1 fully saturated rings. The van der Waals surface area contributed by atoms with Crippen LogP contribution in [0.4, 0.5) is 0 Å². The smallest absolute Gasteiger partial charge is 0.222 e. The lowest BCUT2D eigenvalue weighted by Gasteiger charge is -2.16. The largest absolute Gasteiger partial charge is 0.487 e. The summed E-state index contributed by atoms with van der Waals surface area (Å²) in [5.41, 5.74) is 1.03. The number of aromatic nitrogens is 1. The van der Waals surface area contributed by atoms with Crippen molar-refractivity contribution in [2.45, 2.75) is 45.3 Å². The number of ether oxygens (including phenoxy) is 1. The van der Waals surface area contributed by atoms with E-state index in [1.165, 1.54) is 0 Å². The van der Waals surface area contributed by atoms with Gasteiger partial charge >= 0.3 is 0 Å². The molecule has 0 bridgehead atoms. The highest BCUT2D eigenvalue weighted by Crippen LogP contribution is 2.19. The fourth-order valence-electron chi connectivity index (χ4n) is 2.58. The van der Waals surface area contributed by atoms with Gasteiger partial charge in [-0.15, -0.1) is 0 Å². The highest BCUT2D eigenvalue weighted by atomic mass is 16.5. The Morgan fingerprint density at radius 3 is 3.13 bits per heavy atom. The number of carbonyl (C=O) groups is 1. The molecule has 0 aromatic carbocycles. The van der Waals surface area contributed by atoms with E-state index in [1.807, 2.05) is 31.1 Å². The van der Waals surface area contributed by atoms with Crippen LogP contribution in [0.1, 0.15) is 38.7 Å². The Labute approximate surface area is 138 Å². The molecule has 0 aliphatic carbocycles. The number of amides is 1. The van der Waals surface area contributed by atoms with Gasteiger partial charge in [-0.1, -0.05) is 19.1 Å². The van der Waals surface area contributed by atoms with E-state index in [0.29, 0.717) is 19.0 Å². The Hall–Kier alpha value is -1.88. The summed E-state index contributed by atoms with van der Waals surface area (Å²) in [7, 11) is 1.96. The van der Waals surface area contributed by atoms with E-state index in [0.717, 1.165) is 30.7 Å². The minimum absolute atomic E-state index is 0.0656. The van der Waals surface area contributed by atoms with Crippen LogP contribution in [-0.4, -0.2) is 48.1 Å². The third-order valence-corrected chi connectivity index (χ3v) is 4.13. The van der Waals surface area contributed by atoms with Crippen LogP contribution in [0.2, 0.25) is 0 Å². The van der Waals surface area contributed by atoms with Gasteiger partial charge in [0.05, 0.1) is 12.7 Å². The van der Waals surface area contributed by atoms with Gasteiger partial charge in [0.1, 0.15) is 11.9 Å². The molecule has 1 aliphatic heterocycles. The molecule has 2 atom stereocenters. The molecule has 126 valence electrons. The molecule has 1 saturated heterocycles. The van der Waals surface area contributed by atoms with Gasteiger partial charge in [0.15, 0.2) is 0 Å². The van der Waals surface area contributed by atoms with Crippen molar-refractivity contribution in [2.24, 2.45) is 0 Å². The van der Waals surface area contributed by atoms with Crippen molar-refractivity contribution in [3.63, 3.8) is 0 Å². The summed E-state index contributed by atoms with van der Waals surface area (Å²) in [6.07, 6.45) is 10.2. The van der Waals surface area contributed by atoms with Crippen molar-refractivity contribution in [3.05, 3.63) is 30.1 Å². The summed E-state index contributed by atoms with van der Waals surface area (Å²) in [6.45, 7) is 5.50. The van der Waals surface area contributed by atoms with E-state index < -0.39 is 0 Å². The second kappa shape index (κ2) is 8.67. The Balaban J connectivity index is 1.89. The van der Waals surface area contributed by atoms with Crippen LogP contribution in [0.15, 0.2) is 24.5 Å². The molecule has 5 nitrogen and oxygen atoms in total. The maximum absolute atomic E-state index is 11.7. The fourth-order valence-corrected chi connectivity index (χ4v) is 2.58. The zero-order chi connectivity index (χ0) is 16.7. The molecular formula is C18H27N3O2. The van der Waals surface area contributed by atoms with Crippen molar-refractivity contribution in [2.75, 3.05) is 20.1 Å². The van der Waals surface area contributed by atoms with E-state index in [1.54, 1.807) is 6.20 Å². The van der Waals surface area contributed by atoms with E-state index in [4.69, 9.17) is 4.74 Å². The Kier molecular flexibility index (Phi) is 6.59. The lowest BCUT2D eigenvalue weighted by Crippen LogP contribution is -2.30. The van der Waals surface area contributed by atoms with Crippen LogP contribution < -0.4 is 10.1 Å². The number of hydrogen-bond acceptors (Lipinski definition) is 4. The predicted molar refractivity (Wildman–Crippen MR) is 92.3 cm³/mol. The molecule has 1 N–H and O–H groups in total. The quantitative estimate of drug-likeness (QED) is 0.839. The molecule has 0 saturated carbocycles. The topological polar surface area (TPSA) is 54.5 Å². The van der Waals surface area contributed by atoms with Crippen molar-refractivity contribution >= 4 is 12.0 Å². The summed E-state index contributed by atoms with van der Waals surface area (Å²) in [5.74, 6) is 0.967. The summed E-state index contributed by atoms with van der Waals surface area (Å²) in [4.78, 5) is 17.8. The second-order valence-corrected chi connectivity index (χ2v) is 6.00. The van der Waals surface area contributed by atoms with E-state index >= 15 is 0 Å². The van der Waals surface area contributed by atoms with Crippen LogP contribution >= 0.6 is 0 Å². The first-order valence-corrected chi connectivity index (χ1v) is 8.35. The maximum Gasteiger partial charge on any atom is 0.222 e. The predicted octanol–water partition coefficient (Wildman–Crippen LogP) is 2.48. The van der Waals surface area contributed by atoms with Crippen LogP contribution in [-0.2, 0) is 4.79 Å². The molecule has 2 rings (SSSR count). The SMILES string of the molecule is CCC(=O)N1CC[C@H](Oc2cncc(C=CC[C@H](C)NC)c2)C1. The lowest BCUT2D eigenvalue weighted by molar-refractivity contribution is -0.130. The molecule has 0 spiro atoms. The van der Waals surface area contributed by atoms with Crippen LogP contribution in [0, 0.1) is 0 Å². The zero-order valence-electron chi connectivity index (χ0n) is 14.3. The van der Waals surface area contributed by atoms with Crippen LogP contribution in [0.5, 0.6) is 5.75 Å². The van der Waals surface area contributed by atoms with Gasteiger partial charge in [-0.05, 0) is 32.0 Å². The molecule has 1 aromatic rings. The van der Waals surface area contributed by atoms with Gasteiger partial charge in [-0.3, -0.25) is 9.78 Å². The number of carbonyl (C=O) groups excluding carboxylic acids is 1. The number of pyridine rings is 1. The first kappa shape index (κ1) is 17.5. The average Bonchev–Trinajstić information content (AvgIpc) is 3.02. The number of rotatable bonds is 7. The van der Waals surface area contributed by atoms with Crippen molar-refractivity contribution < 1.29 is 9.53 Å². The number of nitrogens with zero attached hydrogens (tertiary/aromatic N) is 2. The third-order valence-electron chi connectivity index (χ3n) is 4.13. The maximum atomic E-state index is 11.7. The number of hydrogen-bond donors (Lipinski definition) is 1. The van der Waals surface area contributed by atoms with Gasteiger partial charge in [0.25, 0.3) is 0 Å². The molecular weight excluding hydrogens is 290 g/mol. The molecule has 5 heteroatoms. The fraction of sp³-hybridized carbons (Fsp3) is 0.556. The van der Waals surface area contributed by atoms with Crippen molar-refractivity contribution in [3.8, 4) is 5.75 Å². The van der Waals surface area contributed by atoms with Crippen molar-refractivity contribution in [1.29, 1.82) is 0 Å². The van der Waals surface area contributed by atoms with Gasteiger partial charge in [-0.2, -0.15) is 0 Å². The van der Waals surface area contributed by atoms with Gasteiger partial charge in [-0.25, -0.2) is 0 Å². The summed E-state index contributed by atoms with van der Waals surface area (Å²) in [5, 5.41) is 3.21. The monoisotopic (exact) mass is 317 g/mol. The molecule has 1 aromatic heterocycles. The highest BCUT2D eigenvalue weighted by Gasteiger charge is 2.26. The van der Waals surface area contributed by atoms with Gasteiger partial charge in [0.2, 0.25) is 5.91 Å². The Bertz CT molecular complexity index is 545. The van der Waals surface area contributed by atoms with Crippen molar-refractivity contribution in [1.82, 2.24) is 15.2 Å². The normalized spacial score (nSPS) is 19.3. The van der Waals surface area contributed by atoms with E-state index in [9.17, 15) is 4.79 Å². The van der Waals surface area contributed by atoms with Gasteiger partial charge in [0, 0.05) is 31.6 Å². The average molecular weight is 317 g/mol. The lowest BCUT2D eigenvalue weighted by atomic mass is 10.2. The molecule has 0 unspecified atom stereocenters. The number of nitrogens with one attached hydrogen (secondary N) is 1. The molecule has 1 aliphatic rings. The standard InChI is InChI=1S/C18H27N3O2/c1-4-18(22)21-9-8-16(13-21)23-17-10-15(11-20-12-17)7-5-6-14(2)19-3/h5,7,10-12,14,16,19H,4,6,8-9,13H2,1-3H3/t14-,16-/m0/s1. The minimum atomic E-state index is 0.0656. The van der Waals surface area contributed by atoms with Crippen LogP contribution in [0.3, 0.4) is 0 Å². The van der Waals surface area contributed by atoms with Crippen LogP contribution in [0.25, 0.3) is 6.08 Å². The molecule has 0 radical (unpaired) electrons. The zero-order valence-corrected chi connectivity index (χ0v) is 14.3. The first-order chi connectivity index (χ1) is 11.1. The summed E-state index contributed by atoms with van der Waals surface area (Å²) >= 11 is 0. The molecule has 1 amide bonds. The first-order valence-electron chi connectivity index (χ1n) is 8.35. The van der Waals surface area contributed by atoms with E-state index in [-0.39, 0.29) is 12.0 Å². The van der Waals surface area contributed by atoms with E-state index in [2.05, 4.69) is 29.4 Å². The summed E-state index contributed by atoms with van der Waals surface area (Å²) in [6, 6.07) is 2.46. The highest BCUT2D eigenvalue weighted by molar-refractivity contribution is 5.76.